The minimum atomic E-state index is -1.44. The fourth-order valence-corrected chi connectivity index (χ4v) is 3.84. The van der Waals surface area contributed by atoms with Crippen LogP contribution in [0.5, 0.6) is 0 Å². The molecule has 0 aliphatic carbocycles. The lowest BCUT2D eigenvalue weighted by atomic mass is 10.0. The zero-order valence-electron chi connectivity index (χ0n) is 20.8. The van der Waals surface area contributed by atoms with Crippen molar-refractivity contribution in [2.75, 3.05) is 13.1 Å². The van der Waals surface area contributed by atoms with Crippen LogP contribution in [0, 0.1) is 5.92 Å². The molecule has 4 amide bonds. The summed E-state index contributed by atoms with van der Waals surface area (Å²) in [6, 6.07) is -4.43. The lowest BCUT2D eigenvalue weighted by Crippen LogP contribution is -2.59. The average Bonchev–Trinajstić information content (AvgIpc) is 3.26. The second-order valence-electron chi connectivity index (χ2n) is 9.06. The van der Waals surface area contributed by atoms with Crippen molar-refractivity contribution in [1.82, 2.24) is 20.9 Å². The molecule has 36 heavy (non-hydrogen) atoms. The van der Waals surface area contributed by atoms with Crippen molar-refractivity contribution in [3.05, 3.63) is 0 Å². The molecule has 7 N–H and O–H groups in total. The van der Waals surface area contributed by atoms with Gasteiger partial charge in [0.15, 0.2) is 0 Å². The quantitative estimate of drug-likeness (QED) is 0.137. The highest BCUT2D eigenvalue weighted by atomic mass is 16.4. The molecule has 0 saturated carbocycles. The number of aliphatic hydroxyl groups excluding tert-OH is 1. The number of carbonyl (C=O) groups excluding carboxylic acids is 5. The summed E-state index contributed by atoms with van der Waals surface area (Å²) < 4.78 is 0. The third-order valence-electron chi connectivity index (χ3n) is 5.58. The van der Waals surface area contributed by atoms with E-state index in [4.69, 9.17) is 10.8 Å². The Bertz CT molecular complexity index is 790. The van der Waals surface area contributed by atoms with Gasteiger partial charge in [-0.15, -0.1) is 0 Å². The third-order valence-corrected chi connectivity index (χ3v) is 5.58. The molecule has 1 aliphatic rings. The summed E-state index contributed by atoms with van der Waals surface area (Å²) in [4.78, 5) is 73.8. The van der Waals surface area contributed by atoms with Crippen LogP contribution in [0.1, 0.15) is 52.9 Å². The first-order valence-corrected chi connectivity index (χ1v) is 11.7. The largest absolute Gasteiger partial charge is 2.00 e. The number of amides is 4. The Morgan fingerprint density at radius 2 is 1.75 bits per heavy atom. The van der Waals surface area contributed by atoms with E-state index in [0.717, 1.165) is 0 Å². The van der Waals surface area contributed by atoms with Gasteiger partial charge in [0.05, 0.1) is 18.7 Å². The number of nitrogens with two attached hydrogens (primary N) is 1. The summed E-state index contributed by atoms with van der Waals surface area (Å²) in [5.74, 6) is -3.75. The molecule has 0 aromatic carbocycles. The monoisotopic (exact) mass is 515 g/mol. The first-order valence-electron chi connectivity index (χ1n) is 11.7. The molecule has 1 fully saturated rings. The van der Waals surface area contributed by atoms with Crippen LogP contribution in [0.25, 0.3) is 0 Å². The van der Waals surface area contributed by atoms with Crippen LogP contribution < -0.4 is 21.7 Å². The number of rotatable bonds is 14. The zero-order chi connectivity index (χ0) is 26.7. The first kappa shape index (κ1) is 32.9. The molecule has 14 heteroatoms. The Labute approximate surface area is 209 Å². The first-order chi connectivity index (χ1) is 16.4. The summed E-state index contributed by atoms with van der Waals surface area (Å²) in [6.45, 7) is 5.09. The smallest absolute Gasteiger partial charge is 0.303 e. The van der Waals surface area contributed by atoms with Crippen molar-refractivity contribution in [2.24, 2.45) is 11.7 Å². The van der Waals surface area contributed by atoms with E-state index >= 15 is 0 Å². The topological polar surface area (TPSA) is 237 Å². The molecule has 0 spiro atoms. The molecule has 5 atom stereocenters. The molecule has 0 unspecified atom stereocenters. The number of carboxylic acid groups (broad SMARTS) is 1. The molecule has 1 rings (SSSR count). The lowest BCUT2D eigenvalue weighted by Gasteiger charge is -2.29. The number of aldehydes is 1. The maximum atomic E-state index is 13.0. The number of carbonyl (C=O) groups is 6. The van der Waals surface area contributed by atoms with Gasteiger partial charge in [0.2, 0.25) is 23.6 Å². The summed E-state index contributed by atoms with van der Waals surface area (Å²) >= 11 is 0. The average molecular weight is 516 g/mol. The standard InChI is InChI=1S/C22H37N5O8.O/c1-12(2)11-14(23)22(35)27-9-4-5-16(27)20(33)25-15(6-7-17(30)31)19(32)26-18(13(3)29)21(34)24-8-10-28;/h10,12-16,18,29H,4-9,11,23H2,1-3H3,(H,24,34)(H,25,33)(H,26,32)(H,30,31);/q;-2/t13-,14+,15+,16+,18+;/m1./s1. The van der Waals surface area contributed by atoms with Crippen molar-refractivity contribution < 1.29 is 44.5 Å². The predicted octanol–water partition coefficient (Wildman–Crippen LogP) is -2.24. The van der Waals surface area contributed by atoms with E-state index in [0.29, 0.717) is 32.1 Å². The van der Waals surface area contributed by atoms with Crippen molar-refractivity contribution in [2.45, 2.75) is 83.1 Å². The van der Waals surface area contributed by atoms with Crippen LogP contribution in [0.4, 0.5) is 0 Å². The Morgan fingerprint density at radius 1 is 1.11 bits per heavy atom. The van der Waals surface area contributed by atoms with Gasteiger partial charge in [-0.1, -0.05) is 13.8 Å². The van der Waals surface area contributed by atoms with Crippen molar-refractivity contribution in [3.63, 3.8) is 0 Å². The number of nitrogens with zero attached hydrogens (tertiary/aromatic N) is 1. The minimum Gasteiger partial charge on any atom is -2.00 e. The van der Waals surface area contributed by atoms with Crippen LogP contribution in [-0.4, -0.2) is 94.4 Å². The van der Waals surface area contributed by atoms with Crippen LogP contribution >= 0.6 is 0 Å². The maximum Gasteiger partial charge on any atom is 0.303 e. The molecule has 0 bridgehead atoms. The van der Waals surface area contributed by atoms with Gasteiger partial charge in [-0.2, -0.15) is 0 Å². The number of carboxylic acids is 1. The van der Waals surface area contributed by atoms with E-state index in [1.165, 1.54) is 11.8 Å². The second-order valence-corrected chi connectivity index (χ2v) is 9.06. The van der Waals surface area contributed by atoms with Gasteiger partial charge in [0.1, 0.15) is 24.4 Å². The van der Waals surface area contributed by atoms with Crippen LogP contribution in [0.15, 0.2) is 0 Å². The Balaban J connectivity index is 0.0000122. The van der Waals surface area contributed by atoms with Gasteiger partial charge in [-0.3, -0.25) is 24.0 Å². The van der Waals surface area contributed by atoms with Gasteiger partial charge in [0, 0.05) is 13.0 Å². The van der Waals surface area contributed by atoms with Crippen LogP contribution in [0.2, 0.25) is 0 Å². The Morgan fingerprint density at radius 3 is 2.28 bits per heavy atom. The third kappa shape index (κ3) is 10.3. The fraction of sp³-hybridized carbons (Fsp3) is 0.727. The van der Waals surface area contributed by atoms with Crippen molar-refractivity contribution in [3.8, 4) is 0 Å². The highest BCUT2D eigenvalue weighted by molar-refractivity contribution is 5.95. The molecule has 0 aromatic heterocycles. The molecular formula is C22H37N5O9-2. The predicted molar refractivity (Wildman–Crippen MR) is 124 cm³/mol. The summed E-state index contributed by atoms with van der Waals surface area (Å²) in [7, 11) is 0. The normalized spacial score (nSPS) is 18.3. The summed E-state index contributed by atoms with van der Waals surface area (Å²) in [5.41, 5.74) is 6.00. The van der Waals surface area contributed by atoms with Crippen molar-refractivity contribution in [1.29, 1.82) is 0 Å². The van der Waals surface area contributed by atoms with Crippen LogP contribution in [-0.2, 0) is 34.2 Å². The molecular weight excluding hydrogens is 478 g/mol. The molecule has 0 radical (unpaired) electrons. The zero-order valence-corrected chi connectivity index (χ0v) is 20.8. The van der Waals surface area contributed by atoms with Gasteiger partial charge < -0.3 is 47.1 Å². The number of aliphatic carboxylic acids is 1. The number of nitrogens with one attached hydrogen (secondary N) is 3. The highest BCUT2D eigenvalue weighted by Gasteiger charge is 2.38. The van der Waals surface area contributed by atoms with E-state index < -0.39 is 60.4 Å². The summed E-state index contributed by atoms with van der Waals surface area (Å²) in [6.07, 6.45) is -0.303. The molecule has 1 heterocycles. The van der Waals surface area contributed by atoms with Gasteiger partial charge in [0.25, 0.3) is 0 Å². The van der Waals surface area contributed by atoms with Crippen molar-refractivity contribution >= 4 is 35.9 Å². The van der Waals surface area contributed by atoms with Crippen LogP contribution in [0.3, 0.4) is 0 Å². The number of hydrogen-bond donors (Lipinski definition) is 6. The molecule has 1 aliphatic heterocycles. The lowest BCUT2D eigenvalue weighted by molar-refractivity contribution is -0.141. The summed E-state index contributed by atoms with van der Waals surface area (Å²) in [5, 5.41) is 25.9. The van der Waals surface area contributed by atoms with E-state index in [1.54, 1.807) is 0 Å². The SMILES string of the molecule is CC(C)C[C@H](N)C(=O)N1CCC[C@H]1C(=O)N[C@@H](CCC(=O)O)C(=O)N[C@H](C(=O)NCC=O)[C@@H](C)O.[O-2]. The Kier molecular flexibility index (Phi) is 14.4. The van der Waals surface area contributed by atoms with Gasteiger partial charge in [-0.25, -0.2) is 0 Å². The molecule has 206 valence electrons. The number of hydrogen-bond acceptors (Lipinski definition) is 8. The minimum absolute atomic E-state index is 0. The maximum absolute atomic E-state index is 13.0. The van der Waals surface area contributed by atoms with Gasteiger partial charge in [-0.05, 0) is 38.5 Å². The van der Waals surface area contributed by atoms with E-state index in [1.807, 2.05) is 13.8 Å². The van der Waals surface area contributed by atoms with Gasteiger partial charge >= 0.3 is 5.97 Å². The number of likely N-dealkylation sites (tertiary alicyclic amines) is 1. The fourth-order valence-electron chi connectivity index (χ4n) is 3.84. The van der Waals surface area contributed by atoms with E-state index in [9.17, 15) is 33.9 Å². The van der Waals surface area contributed by atoms with E-state index in [-0.39, 0.29) is 30.3 Å². The molecule has 0 aromatic rings. The second kappa shape index (κ2) is 15.8. The number of aliphatic hydroxyl groups is 1. The molecule has 1 saturated heterocycles. The molecule has 14 nitrogen and oxygen atoms in total. The highest BCUT2D eigenvalue weighted by Crippen LogP contribution is 2.20. The van der Waals surface area contributed by atoms with E-state index in [2.05, 4.69) is 16.0 Å². The Hall–Kier alpha value is -3.10.